The van der Waals surface area contributed by atoms with E-state index in [9.17, 15) is 14.4 Å². The first-order valence-corrected chi connectivity index (χ1v) is 9.40. The Morgan fingerprint density at radius 3 is 2.76 bits per heavy atom. The largest absolute Gasteiger partial charge is 0.454 e. The van der Waals surface area contributed by atoms with Gasteiger partial charge in [-0.15, -0.1) is 11.8 Å². The fourth-order valence-corrected chi connectivity index (χ4v) is 5.05. The van der Waals surface area contributed by atoms with Gasteiger partial charge in [-0.2, -0.15) is 0 Å². The van der Waals surface area contributed by atoms with Crippen molar-refractivity contribution in [3.05, 3.63) is 35.9 Å². The van der Waals surface area contributed by atoms with Gasteiger partial charge in [-0.1, -0.05) is 30.3 Å². The second-order valence-corrected chi connectivity index (χ2v) is 7.87. The predicted molar refractivity (Wildman–Crippen MR) is 94.7 cm³/mol. The Labute approximate surface area is 151 Å². The molecule has 0 radical (unpaired) electrons. The van der Waals surface area contributed by atoms with Gasteiger partial charge in [0.25, 0.3) is 5.91 Å². The van der Waals surface area contributed by atoms with Crippen LogP contribution in [0.25, 0.3) is 0 Å². The van der Waals surface area contributed by atoms with Gasteiger partial charge in [-0.3, -0.25) is 9.59 Å². The van der Waals surface area contributed by atoms with Crippen molar-refractivity contribution in [3.8, 4) is 0 Å². The molecule has 7 heteroatoms. The van der Waals surface area contributed by atoms with Crippen molar-refractivity contribution >= 4 is 29.5 Å². The third-order valence-corrected chi connectivity index (χ3v) is 6.02. The molecule has 0 spiro atoms. The van der Waals surface area contributed by atoms with E-state index in [1.165, 1.54) is 0 Å². The molecule has 3 rings (SSSR count). The van der Waals surface area contributed by atoms with E-state index >= 15 is 0 Å². The van der Waals surface area contributed by atoms with Gasteiger partial charge in [0.05, 0.1) is 0 Å². The molecule has 2 amide bonds. The number of hydrogen-bond donors (Lipinski definition) is 1. The van der Waals surface area contributed by atoms with Gasteiger partial charge < -0.3 is 15.0 Å². The second kappa shape index (κ2) is 7.07. The van der Waals surface area contributed by atoms with E-state index in [0.717, 1.165) is 5.56 Å². The summed E-state index contributed by atoms with van der Waals surface area (Å²) in [6, 6.07) is 9.12. The minimum absolute atomic E-state index is 0.0147. The number of fused-ring (bicyclic) bond motifs is 1. The van der Waals surface area contributed by atoms with E-state index in [1.807, 2.05) is 44.2 Å². The van der Waals surface area contributed by atoms with Crippen LogP contribution >= 0.6 is 11.8 Å². The third-order valence-electron chi connectivity index (χ3n) is 4.42. The first-order chi connectivity index (χ1) is 11.9. The van der Waals surface area contributed by atoms with Crippen LogP contribution in [0.3, 0.4) is 0 Å². The summed E-state index contributed by atoms with van der Waals surface area (Å²) in [5.74, 6) is -0.413. The average molecular weight is 362 g/mol. The van der Waals surface area contributed by atoms with Gasteiger partial charge in [0, 0.05) is 18.2 Å². The Morgan fingerprint density at radius 2 is 2.08 bits per heavy atom. The zero-order valence-electron chi connectivity index (χ0n) is 14.4. The number of esters is 1. The molecule has 1 aromatic carbocycles. The molecule has 0 bridgehead atoms. The fraction of sp³-hybridized carbons (Fsp3) is 0.500. The maximum Gasteiger partial charge on any atom is 0.330 e. The third kappa shape index (κ3) is 3.38. The Bertz CT molecular complexity index is 679. The lowest BCUT2D eigenvalue weighted by atomic mass is 10.0. The van der Waals surface area contributed by atoms with E-state index in [1.54, 1.807) is 16.7 Å². The zero-order chi connectivity index (χ0) is 18.0. The molecule has 134 valence electrons. The van der Waals surface area contributed by atoms with E-state index in [2.05, 4.69) is 5.32 Å². The van der Waals surface area contributed by atoms with E-state index < -0.39 is 16.9 Å². The van der Waals surface area contributed by atoms with Gasteiger partial charge in [-0.05, 0) is 25.8 Å². The molecule has 2 fully saturated rings. The summed E-state index contributed by atoms with van der Waals surface area (Å²) in [6.45, 7) is 3.35. The number of nitrogens with one attached hydrogen (secondary N) is 1. The summed E-state index contributed by atoms with van der Waals surface area (Å²) in [5.41, 5.74) is 1.03. The molecule has 2 saturated heterocycles. The molecule has 1 N–H and O–H groups in total. The highest BCUT2D eigenvalue weighted by molar-refractivity contribution is 8.00. The van der Waals surface area contributed by atoms with Crippen molar-refractivity contribution in [1.29, 1.82) is 0 Å². The van der Waals surface area contributed by atoms with E-state index in [0.29, 0.717) is 18.6 Å². The van der Waals surface area contributed by atoms with Gasteiger partial charge in [0.15, 0.2) is 6.61 Å². The lowest BCUT2D eigenvalue weighted by Gasteiger charge is -2.33. The van der Waals surface area contributed by atoms with Crippen LogP contribution < -0.4 is 5.32 Å². The number of hydrogen-bond acceptors (Lipinski definition) is 5. The van der Waals surface area contributed by atoms with Gasteiger partial charge in [-0.25, -0.2) is 4.79 Å². The zero-order valence-corrected chi connectivity index (χ0v) is 15.2. The summed E-state index contributed by atoms with van der Waals surface area (Å²) >= 11 is 1.60. The Morgan fingerprint density at radius 1 is 1.36 bits per heavy atom. The minimum atomic E-state index is -0.646. The van der Waals surface area contributed by atoms with E-state index in [-0.39, 0.29) is 24.5 Å². The maximum absolute atomic E-state index is 12.5. The smallest absolute Gasteiger partial charge is 0.330 e. The molecule has 0 aliphatic carbocycles. The number of carbonyl (C=O) groups excluding carboxylic acids is 3. The van der Waals surface area contributed by atoms with Crippen molar-refractivity contribution in [3.63, 3.8) is 0 Å². The molecule has 0 saturated carbocycles. The number of carbonyl (C=O) groups is 3. The number of benzene rings is 1. The highest BCUT2D eigenvalue weighted by Gasteiger charge is 2.57. The van der Waals surface area contributed by atoms with Crippen LogP contribution in [0.1, 0.15) is 32.3 Å². The van der Waals surface area contributed by atoms with Crippen molar-refractivity contribution in [2.24, 2.45) is 0 Å². The SMILES string of the molecule is CC(C)NC(=O)COC(=O)[C@H]1CS[C@@]2(c3ccccc3)CCC(=O)N12. The average Bonchev–Trinajstić information content (AvgIpc) is 3.13. The van der Waals surface area contributed by atoms with Crippen LogP contribution in [-0.4, -0.2) is 47.1 Å². The Kier molecular flexibility index (Phi) is 5.03. The molecule has 2 aliphatic rings. The normalized spacial score (nSPS) is 25.2. The van der Waals surface area contributed by atoms with Crippen molar-refractivity contribution in [1.82, 2.24) is 10.2 Å². The first kappa shape index (κ1) is 17.8. The van der Waals surface area contributed by atoms with E-state index in [4.69, 9.17) is 4.74 Å². The predicted octanol–water partition coefficient (Wildman–Crippen LogP) is 1.64. The summed E-state index contributed by atoms with van der Waals surface area (Å²) in [4.78, 5) is 37.8. The number of thioether (sulfide) groups is 1. The molecule has 6 nitrogen and oxygen atoms in total. The van der Waals surface area contributed by atoms with Crippen molar-refractivity contribution in [2.45, 2.75) is 43.6 Å². The highest BCUT2D eigenvalue weighted by Crippen LogP contribution is 2.54. The lowest BCUT2D eigenvalue weighted by Crippen LogP contribution is -2.47. The van der Waals surface area contributed by atoms with Gasteiger partial charge >= 0.3 is 5.97 Å². The molecular formula is C18H22N2O4S. The second-order valence-electron chi connectivity index (χ2n) is 6.57. The fourth-order valence-electron chi connectivity index (χ4n) is 3.41. The Hall–Kier alpha value is -2.02. The maximum atomic E-state index is 12.5. The van der Waals surface area contributed by atoms with Gasteiger partial charge in [0.2, 0.25) is 5.91 Å². The summed E-state index contributed by atoms with van der Waals surface area (Å²) in [6.07, 6.45) is 1.09. The van der Waals surface area contributed by atoms with Crippen LogP contribution in [0.15, 0.2) is 30.3 Å². The standard InChI is InChI=1S/C18H22N2O4S/c1-12(2)19-15(21)10-24-17(23)14-11-25-18(9-8-16(22)20(14)18)13-6-4-3-5-7-13/h3-7,12,14H,8-11H2,1-2H3,(H,19,21)/t14-,18-/m1/s1. The van der Waals surface area contributed by atoms with Crippen LogP contribution in [0.4, 0.5) is 0 Å². The minimum Gasteiger partial charge on any atom is -0.454 e. The molecule has 2 heterocycles. The number of rotatable bonds is 5. The molecule has 2 aliphatic heterocycles. The summed E-state index contributed by atoms with van der Waals surface area (Å²) in [5, 5.41) is 2.68. The molecule has 0 aromatic heterocycles. The van der Waals surface area contributed by atoms with Crippen LogP contribution in [0.2, 0.25) is 0 Å². The summed E-state index contributed by atoms with van der Waals surface area (Å²) < 4.78 is 5.17. The number of amides is 2. The first-order valence-electron chi connectivity index (χ1n) is 8.42. The van der Waals surface area contributed by atoms with Crippen LogP contribution in [0.5, 0.6) is 0 Å². The molecular weight excluding hydrogens is 340 g/mol. The van der Waals surface area contributed by atoms with Crippen molar-refractivity contribution in [2.75, 3.05) is 12.4 Å². The monoisotopic (exact) mass is 362 g/mol. The number of nitrogens with zero attached hydrogens (tertiary/aromatic N) is 1. The Balaban J connectivity index is 1.73. The quantitative estimate of drug-likeness (QED) is 0.806. The molecule has 0 unspecified atom stereocenters. The lowest BCUT2D eigenvalue weighted by molar-refractivity contribution is -0.156. The van der Waals surface area contributed by atoms with Crippen molar-refractivity contribution < 1.29 is 19.1 Å². The topological polar surface area (TPSA) is 75.7 Å². The number of ether oxygens (including phenoxy) is 1. The van der Waals surface area contributed by atoms with Crippen LogP contribution in [-0.2, 0) is 24.0 Å². The molecule has 25 heavy (non-hydrogen) atoms. The molecule has 1 aromatic rings. The summed E-state index contributed by atoms with van der Waals surface area (Å²) in [7, 11) is 0. The van der Waals surface area contributed by atoms with Crippen LogP contribution in [0, 0.1) is 0 Å². The molecule has 2 atom stereocenters. The highest BCUT2D eigenvalue weighted by atomic mass is 32.2. The van der Waals surface area contributed by atoms with Gasteiger partial charge in [0.1, 0.15) is 10.9 Å².